The zero-order valence-electron chi connectivity index (χ0n) is 55.6. The van der Waals surface area contributed by atoms with Crippen molar-refractivity contribution < 1.29 is 39.2 Å². The molecule has 12 nitrogen and oxygen atoms in total. The molecule has 1 spiro atoms. The fourth-order valence-corrected chi connectivity index (χ4v) is 21.4. The fraction of sp³-hybridized carbons (Fsp3) is 0.549. The molecule has 0 radical (unpaired) electrons. The third-order valence-electron chi connectivity index (χ3n) is 26.0. The number of hydrogen-bond acceptors (Lipinski definition) is 12. The Bertz CT molecular complexity index is 3780. The maximum Gasteiger partial charge on any atom is 0.340 e. The molecule has 0 aromatic heterocycles. The van der Waals surface area contributed by atoms with Crippen LogP contribution >= 0.6 is 0 Å². The third kappa shape index (κ3) is 11.2. The summed E-state index contributed by atoms with van der Waals surface area (Å²) in [4.78, 5) is 44.7. The number of allylic oxidation sites excluding steroid dienone is 5. The van der Waals surface area contributed by atoms with Crippen molar-refractivity contribution in [2.24, 2.45) is 69.5 Å². The number of benzene rings is 4. The molecule has 17 rings (SSSR count). The van der Waals surface area contributed by atoms with Gasteiger partial charge in [0.25, 0.3) is 0 Å². The van der Waals surface area contributed by atoms with Crippen LogP contribution in [0.3, 0.4) is 0 Å². The van der Waals surface area contributed by atoms with E-state index in [1.165, 1.54) is 16.7 Å². The minimum atomic E-state index is -1.38. The molecule has 6 fully saturated rings. The van der Waals surface area contributed by atoms with Gasteiger partial charge in [-0.2, -0.15) is 0 Å². The van der Waals surface area contributed by atoms with Gasteiger partial charge >= 0.3 is 11.9 Å². The molecule has 4 aromatic carbocycles. The molecule has 494 valence electrons. The molecule has 13 aliphatic rings. The van der Waals surface area contributed by atoms with E-state index in [4.69, 9.17) is 9.47 Å². The largest absolute Gasteiger partial charge is 0.508 e. The Balaban J connectivity index is 0.911. The number of piperidine rings is 1. The third-order valence-corrected chi connectivity index (χ3v) is 26.0. The molecular formula is C82H98N4O8. The first-order valence-electron chi connectivity index (χ1n) is 36.3. The summed E-state index contributed by atoms with van der Waals surface area (Å²) in [6.45, 7) is 6.57. The maximum absolute atomic E-state index is 15.6. The van der Waals surface area contributed by atoms with Gasteiger partial charge in [-0.15, -0.1) is 0 Å². The number of nitrogens with one attached hydrogen (secondary N) is 4. The average molecular weight is 1270 g/mol. The summed E-state index contributed by atoms with van der Waals surface area (Å²) >= 11 is 0. The van der Waals surface area contributed by atoms with Gasteiger partial charge in [-0.1, -0.05) is 130 Å². The summed E-state index contributed by atoms with van der Waals surface area (Å²) in [6.07, 6.45) is 23.6. The fourth-order valence-electron chi connectivity index (χ4n) is 21.4. The smallest absolute Gasteiger partial charge is 0.340 e. The van der Waals surface area contributed by atoms with Crippen LogP contribution in [0.1, 0.15) is 176 Å². The number of aliphatic hydroxyl groups is 2. The van der Waals surface area contributed by atoms with Gasteiger partial charge in [-0.3, -0.25) is 0 Å². The Morgan fingerprint density at radius 2 is 1.57 bits per heavy atom. The number of phenols is 1. The van der Waals surface area contributed by atoms with Crippen LogP contribution in [-0.4, -0.2) is 77.6 Å². The number of ether oxygens (including phenoxy) is 2. The van der Waals surface area contributed by atoms with E-state index in [1.807, 2.05) is 25.1 Å². The topological polar surface area (TPSA) is 178 Å². The molecule has 94 heavy (non-hydrogen) atoms. The molecular weight excluding hydrogens is 1170 g/mol. The SMILES string of the molecule is CC[C@H](/C=C1\OC(=O)C2=C3c4cc(O)ccc4-c4cccc(c4)CNCCc4cccc(c4)[C@@H]4NC[C@](C)(O)[C@H](C5(C=O)CCCC5)C#C[C@H](C5(O)CCCCC5)C[C@H]5C[C@]([C@@H]6CCN[C@H](NC)C6)(CC=C6OC(=O)C7=C6CC[C@H]6[C@H]3CC[C@@]21[C@@H]76)C[C@@H]54)Cc1ccccc1. The zero-order valence-corrected chi connectivity index (χ0v) is 55.6. The Morgan fingerprint density at radius 3 is 2.38 bits per heavy atom. The van der Waals surface area contributed by atoms with E-state index in [2.05, 4.69) is 132 Å². The monoisotopic (exact) mass is 1270 g/mol. The Hall–Kier alpha value is -6.43. The van der Waals surface area contributed by atoms with Crippen molar-refractivity contribution in [1.82, 2.24) is 21.3 Å². The lowest BCUT2D eigenvalue weighted by atomic mass is 9.44. The van der Waals surface area contributed by atoms with Crippen LogP contribution in [0.4, 0.5) is 0 Å². The second-order valence-electron chi connectivity index (χ2n) is 31.2. The molecule has 6 aliphatic heterocycles. The summed E-state index contributed by atoms with van der Waals surface area (Å²) in [5.41, 5.74) is 6.38. The van der Waals surface area contributed by atoms with Gasteiger partial charge in [-0.05, 0) is 252 Å². The highest BCUT2D eigenvalue weighted by atomic mass is 16.6. The standard InChI is InChI=1S/C82H98N4O8/c1-4-51(39-52-15-7-5-8-16-52)42-69-82-36-27-62-63-24-25-64-67(93-76(89)72(64)73(63)82)28-35-80(58-30-38-85-70(44-58)83-3)46-57-43-59(81(92)33-9-6-10-34-81)21-26-68(79(50-87)31-11-12-32-79)78(2,91)49-86-75(66(57)47-80)56-20-13-17-53(40-56)29-37-84-48-54-18-14-19-55(41-54)61-23-22-60(88)45-65(61)71(62)74(82)77(90)94-69/h5,7-8,13-20,22-23,28,40-42,45,50-51,57-59,62-63,66,68,70,73,75,83-86,88,91-92H,4,6,9-12,24-25,27,29-39,43-44,46-49H2,1-3H3/b67-28?,69-42-/t51-,57-,58+,59-,62+,63-,66-,68+,70-,73+,75-,78-,80+,82+/m0/s1. The second-order valence-corrected chi connectivity index (χ2v) is 31.2. The van der Waals surface area contributed by atoms with E-state index in [-0.39, 0.29) is 89.2 Å². The Morgan fingerprint density at radius 1 is 0.766 bits per heavy atom. The first-order valence-corrected chi connectivity index (χ1v) is 36.3. The second kappa shape index (κ2) is 25.5. The number of phenolic OH excluding ortho intramolecular Hbond substituents is 1. The minimum Gasteiger partial charge on any atom is -0.508 e. The van der Waals surface area contributed by atoms with Crippen LogP contribution in [0.15, 0.2) is 137 Å². The summed E-state index contributed by atoms with van der Waals surface area (Å²) in [5, 5.41) is 53.4. The van der Waals surface area contributed by atoms with Crippen LogP contribution < -0.4 is 21.3 Å². The van der Waals surface area contributed by atoms with Crippen molar-refractivity contribution in [2.45, 2.75) is 185 Å². The molecule has 6 heterocycles. The van der Waals surface area contributed by atoms with Crippen molar-refractivity contribution >= 4 is 23.8 Å². The summed E-state index contributed by atoms with van der Waals surface area (Å²) in [7, 11) is 2.05. The van der Waals surface area contributed by atoms with E-state index >= 15 is 9.59 Å². The van der Waals surface area contributed by atoms with Gasteiger partial charge < -0.3 is 50.9 Å². The quantitative estimate of drug-likeness (QED) is 0.0480. The molecule has 0 unspecified atom stereocenters. The molecule has 4 aromatic rings. The number of aromatic hydroxyl groups is 1. The van der Waals surface area contributed by atoms with Crippen molar-refractivity contribution in [2.75, 3.05) is 26.7 Å². The predicted molar refractivity (Wildman–Crippen MR) is 366 cm³/mol. The van der Waals surface area contributed by atoms with Gasteiger partial charge in [0.15, 0.2) is 0 Å². The summed E-state index contributed by atoms with van der Waals surface area (Å²) in [6, 6.07) is 33.7. The maximum atomic E-state index is 15.6. The molecule has 7 aliphatic carbocycles. The van der Waals surface area contributed by atoms with Gasteiger partial charge in [0.2, 0.25) is 0 Å². The van der Waals surface area contributed by atoms with Crippen LogP contribution in [0.2, 0.25) is 0 Å². The lowest BCUT2D eigenvalue weighted by Crippen LogP contribution is -2.52. The lowest BCUT2D eigenvalue weighted by Gasteiger charge is -2.56. The summed E-state index contributed by atoms with van der Waals surface area (Å²) in [5.74, 6) is 7.38. The van der Waals surface area contributed by atoms with E-state index in [0.717, 1.165) is 143 Å². The average Bonchev–Trinajstić information content (AvgIpc) is 1.40. The normalized spacial score (nSPS) is 35.0. The van der Waals surface area contributed by atoms with E-state index in [1.54, 1.807) is 6.07 Å². The Labute approximate surface area is 556 Å². The molecule has 14 bridgehead atoms. The first kappa shape index (κ1) is 63.6. The number of β-amino-alcohol motifs (C(OH)–C–C–N with tert-alkyl or cyclic N) is 1. The van der Waals surface area contributed by atoms with Crippen molar-refractivity contribution in [3.05, 3.63) is 165 Å². The number of carbonyl (C=O) groups excluding carboxylic acids is 3. The number of esters is 2. The number of cyclic esters (lactones) is 1. The van der Waals surface area contributed by atoms with Gasteiger partial charge in [0.1, 0.15) is 23.6 Å². The molecule has 7 N–H and O–H groups in total. The number of carbonyl (C=O) groups is 3. The number of aldehydes is 1. The number of rotatable bonds is 9. The van der Waals surface area contributed by atoms with Gasteiger partial charge in [0.05, 0.1) is 34.3 Å². The minimum absolute atomic E-state index is 0.0104. The number of hydrogen-bond donors (Lipinski definition) is 7. The highest BCUT2D eigenvalue weighted by molar-refractivity contribution is 6.07. The highest BCUT2D eigenvalue weighted by Crippen LogP contribution is 2.73. The number of fused-ring (bicyclic) bond motifs is 5. The van der Waals surface area contributed by atoms with Crippen LogP contribution in [0, 0.1) is 81.3 Å². The molecule has 14 atom stereocenters. The van der Waals surface area contributed by atoms with E-state index in [0.29, 0.717) is 80.6 Å². The lowest BCUT2D eigenvalue weighted by molar-refractivity contribution is -0.135. The van der Waals surface area contributed by atoms with E-state index < -0.39 is 27.9 Å². The highest BCUT2D eigenvalue weighted by Gasteiger charge is 2.69. The van der Waals surface area contributed by atoms with Crippen LogP contribution in [-0.2, 0) is 43.2 Å². The summed E-state index contributed by atoms with van der Waals surface area (Å²) < 4.78 is 13.7. The molecule has 2 saturated heterocycles. The molecule has 4 saturated carbocycles. The van der Waals surface area contributed by atoms with Crippen LogP contribution in [0.25, 0.3) is 16.7 Å². The van der Waals surface area contributed by atoms with Gasteiger partial charge in [-0.25, -0.2) is 9.59 Å². The van der Waals surface area contributed by atoms with Crippen molar-refractivity contribution in [3.63, 3.8) is 0 Å². The van der Waals surface area contributed by atoms with Crippen molar-refractivity contribution in [1.29, 1.82) is 0 Å². The molecule has 0 amide bonds. The van der Waals surface area contributed by atoms with Crippen molar-refractivity contribution in [3.8, 4) is 28.7 Å². The van der Waals surface area contributed by atoms with Gasteiger partial charge in [0, 0.05) is 47.5 Å². The van der Waals surface area contributed by atoms with Crippen LogP contribution in [0.5, 0.6) is 5.75 Å². The zero-order chi connectivity index (χ0) is 64.6. The predicted octanol–water partition coefficient (Wildman–Crippen LogP) is 13.5. The van der Waals surface area contributed by atoms with E-state index in [9.17, 15) is 20.1 Å². The molecule has 12 heteroatoms. The Kier molecular flexibility index (Phi) is 17.3. The first-order chi connectivity index (χ1) is 45.6.